The number of rotatable bonds is 4. The maximum Gasteiger partial charge on any atom is 0.266 e. The Morgan fingerprint density at radius 2 is 1.93 bits per heavy atom. The molecular weight excluding hydrogens is 425 g/mol. The molecule has 30 heavy (non-hydrogen) atoms. The second-order valence-corrected chi connectivity index (χ2v) is 8.28. The molecule has 152 valence electrons. The van der Waals surface area contributed by atoms with Crippen LogP contribution in [0.5, 0.6) is 0 Å². The van der Waals surface area contributed by atoms with Gasteiger partial charge in [0.25, 0.3) is 11.5 Å². The van der Waals surface area contributed by atoms with Crippen LogP contribution in [0.3, 0.4) is 0 Å². The second-order valence-electron chi connectivity index (χ2n) is 6.87. The molecule has 0 fully saturated rings. The molecule has 1 amide bonds. The number of halogens is 2. The van der Waals surface area contributed by atoms with Gasteiger partial charge >= 0.3 is 0 Å². The molecule has 0 aliphatic heterocycles. The maximum atomic E-state index is 14.0. The van der Waals surface area contributed by atoms with Gasteiger partial charge in [-0.15, -0.1) is 11.3 Å². The molecule has 0 spiro atoms. The Hall–Kier alpha value is -3.03. The fraction of sp³-hybridized carbons (Fsp3) is 0.136. The standard InChI is InChI=1S/C22H17ClFN3O2S/c1-12-15(23)7-5-9-17(12)26-20(28)19-13(2)18-21(30-19)25-11-27(22(18)29)10-14-6-3-4-8-16(14)24/h3-9,11H,10H2,1-2H3,(H,26,28). The van der Waals surface area contributed by atoms with E-state index in [1.54, 1.807) is 43.3 Å². The van der Waals surface area contributed by atoms with Crippen molar-refractivity contribution in [1.82, 2.24) is 9.55 Å². The topological polar surface area (TPSA) is 64.0 Å². The van der Waals surface area contributed by atoms with Crippen LogP contribution in [0.2, 0.25) is 5.02 Å². The number of amides is 1. The average Bonchev–Trinajstić information content (AvgIpc) is 3.06. The van der Waals surface area contributed by atoms with Crippen LogP contribution in [0.15, 0.2) is 53.6 Å². The van der Waals surface area contributed by atoms with Crippen LogP contribution in [-0.2, 0) is 6.54 Å². The van der Waals surface area contributed by atoms with E-state index in [4.69, 9.17) is 11.6 Å². The van der Waals surface area contributed by atoms with Crippen molar-refractivity contribution in [2.45, 2.75) is 20.4 Å². The van der Waals surface area contributed by atoms with Crippen molar-refractivity contribution in [1.29, 1.82) is 0 Å². The van der Waals surface area contributed by atoms with Crippen LogP contribution in [0.4, 0.5) is 10.1 Å². The predicted molar refractivity (Wildman–Crippen MR) is 118 cm³/mol. The molecule has 0 aliphatic rings. The summed E-state index contributed by atoms with van der Waals surface area (Å²) in [6.07, 6.45) is 1.38. The molecule has 5 nitrogen and oxygen atoms in total. The normalized spacial score (nSPS) is 11.1. The van der Waals surface area contributed by atoms with Crippen molar-refractivity contribution in [3.63, 3.8) is 0 Å². The average molecular weight is 442 g/mol. The summed E-state index contributed by atoms with van der Waals surface area (Å²) in [5, 5.41) is 3.77. The SMILES string of the molecule is Cc1c(Cl)cccc1NC(=O)c1sc2ncn(Cc3ccccc3F)c(=O)c2c1C. The molecule has 1 N–H and O–H groups in total. The number of hydrogen-bond donors (Lipinski definition) is 1. The first-order valence-electron chi connectivity index (χ1n) is 9.15. The summed E-state index contributed by atoms with van der Waals surface area (Å²) in [5.41, 5.74) is 2.00. The molecule has 0 atom stereocenters. The van der Waals surface area contributed by atoms with Gasteiger partial charge in [-0.2, -0.15) is 0 Å². The van der Waals surface area contributed by atoms with E-state index in [9.17, 15) is 14.0 Å². The lowest BCUT2D eigenvalue weighted by molar-refractivity contribution is 0.103. The van der Waals surface area contributed by atoms with Crippen LogP contribution in [0, 0.1) is 19.7 Å². The molecule has 2 aromatic heterocycles. The van der Waals surface area contributed by atoms with Crippen molar-refractivity contribution in [2.24, 2.45) is 0 Å². The number of fused-ring (bicyclic) bond motifs is 1. The molecule has 0 bridgehead atoms. The van der Waals surface area contributed by atoms with E-state index in [2.05, 4.69) is 10.3 Å². The fourth-order valence-corrected chi connectivity index (χ4v) is 4.43. The zero-order valence-corrected chi connectivity index (χ0v) is 17.8. The zero-order chi connectivity index (χ0) is 21.4. The maximum absolute atomic E-state index is 14.0. The molecule has 0 saturated heterocycles. The Morgan fingerprint density at radius 1 is 1.17 bits per heavy atom. The Morgan fingerprint density at radius 3 is 2.70 bits per heavy atom. The van der Waals surface area contributed by atoms with Gasteiger partial charge in [-0.05, 0) is 43.2 Å². The highest BCUT2D eigenvalue weighted by atomic mass is 35.5. The number of nitrogens with one attached hydrogen (secondary N) is 1. The lowest BCUT2D eigenvalue weighted by Crippen LogP contribution is -2.21. The molecule has 2 heterocycles. The van der Waals surface area contributed by atoms with Gasteiger partial charge in [0.1, 0.15) is 10.6 Å². The quantitative estimate of drug-likeness (QED) is 0.475. The number of aryl methyl sites for hydroxylation is 1. The van der Waals surface area contributed by atoms with Gasteiger partial charge in [-0.1, -0.05) is 35.9 Å². The van der Waals surface area contributed by atoms with Crippen molar-refractivity contribution in [2.75, 3.05) is 5.32 Å². The molecule has 4 aromatic rings. The van der Waals surface area contributed by atoms with Gasteiger partial charge in [-0.25, -0.2) is 9.37 Å². The van der Waals surface area contributed by atoms with Gasteiger partial charge in [0, 0.05) is 16.3 Å². The summed E-state index contributed by atoms with van der Waals surface area (Å²) >= 11 is 7.28. The van der Waals surface area contributed by atoms with Gasteiger partial charge in [0.05, 0.1) is 23.1 Å². The van der Waals surface area contributed by atoms with E-state index in [-0.39, 0.29) is 23.8 Å². The molecular formula is C22H17ClFN3O2S. The third-order valence-electron chi connectivity index (χ3n) is 4.94. The molecule has 0 unspecified atom stereocenters. The molecule has 2 aromatic carbocycles. The van der Waals surface area contributed by atoms with Crippen LogP contribution >= 0.6 is 22.9 Å². The first-order valence-corrected chi connectivity index (χ1v) is 10.3. The van der Waals surface area contributed by atoms with Crippen molar-refractivity contribution >= 4 is 44.7 Å². The van der Waals surface area contributed by atoms with E-state index in [1.807, 2.05) is 6.92 Å². The van der Waals surface area contributed by atoms with E-state index >= 15 is 0 Å². The summed E-state index contributed by atoms with van der Waals surface area (Å²) in [6, 6.07) is 11.6. The summed E-state index contributed by atoms with van der Waals surface area (Å²) in [4.78, 5) is 31.1. The van der Waals surface area contributed by atoms with E-state index in [0.29, 0.717) is 36.9 Å². The first kappa shape index (κ1) is 20.3. The monoisotopic (exact) mass is 441 g/mol. The van der Waals surface area contributed by atoms with Crippen LogP contribution in [-0.4, -0.2) is 15.5 Å². The number of carbonyl (C=O) groups is 1. The second kappa shape index (κ2) is 8.01. The number of nitrogens with zero attached hydrogens (tertiary/aromatic N) is 2. The van der Waals surface area contributed by atoms with Gasteiger partial charge in [0.15, 0.2) is 0 Å². The van der Waals surface area contributed by atoms with Gasteiger partial charge < -0.3 is 5.32 Å². The lowest BCUT2D eigenvalue weighted by Gasteiger charge is -2.09. The van der Waals surface area contributed by atoms with E-state index < -0.39 is 0 Å². The summed E-state index contributed by atoms with van der Waals surface area (Å²) in [7, 11) is 0. The molecule has 0 radical (unpaired) electrons. The van der Waals surface area contributed by atoms with Crippen LogP contribution in [0.1, 0.15) is 26.4 Å². The fourth-order valence-electron chi connectivity index (χ4n) is 3.22. The summed E-state index contributed by atoms with van der Waals surface area (Å²) in [6.45, 7) is 3.60. The number of aromatic nitrogens is 2. The minimum atomic E-state index is -0.386. The number of thiophene rings is 1. The molecule has 4 rings (SSSR count). The third-order valence-corrected chi connectivity index (χ3v) is 6.55. The highest BCUT2D eigenvalue weighted by Crippen LogP contribution is 2.29. The number of anilines is 1. The first-order chi connectivity index (χ1) is 14.4. The predicted octanol–water partition coefficient (Wildman–Crippen LogP) is 5.17. The van der Waals surface area contributed by atoms with Crippen molar-refractivity contribution < 1.29 is 9.18 Å². The Balaban J connectivity index is 1.71. The molecule has 8 heteroatoms. The Labute approximate surface area is 180 Å². The molecule has 0 saturated carbocycles. The Kier molecular flexibility index (Phi) is 5.40. The highest BCUT2D eigenvalue weighted by Gasteiger charge is 2.20. The van der Waals surface area contributed by atoms with E-state index in [1.165, 1.54) is 17.0 Å². The highest BCUT2D eigenvalue weighted by molar-refractivity contribution is 7.20. The van der Waals surface area contributed by atoms with Crippen LogP contribution < -0.4 is 10.9 Å². The third kappa shape index (κ3) is 3.62. The van der Waals surface area contributed by atoms with Gasteiger partial charge in [-0.3, -0.25) is 14.2 Å². The summed E-state index contributed by atoms with van der Waals surface area (Å²) in [5.74, 6) is -0.718. The Bertz CT molecular complexity index is 1350. The zero-order valence-electron chi connectivity index (χ0n) is 16.2. The van der Waals surface area contributed by atoms with Gasteiger partial charge in [0.2, 0.25) is 0 Å². The van der Waals surface area contributed by atoms with E-state index in [0.717, 1.165) is 16.9 Å². The molecule has 0 aliphatic carbocycles. The largest absolute Gasteiger partial charge is 0.321 e. The minimum Gasteiger partial charge on any atom is -0.321 e. The minimum absolute atomic E-state index is 0.0625. The number of benzene rings is 2. The van der Waals surface area contributed by atoms with Crippen molar-refractivity contribution in [3.8, 4) is 0 Å². The van der Waals surface area contributed by atoms with Crippen LogP contribution in [0.25, 0.3) is 10.2 Å². The smallest absolute Gasteiger partial charge is 0.266 e. The summed E-state index contributed by atoms with van der Waals surface area (Å²) < 4.78 is 15.3. The number of hydrogen-bond acceptors (Lipinski definition) is 4. The van der Waals surface area contributed by atoms with Crippen molar-refractivity contribution in [3.05, 3.63) is 91.6 Å². The number of carbonyl (C=O) groups excluding carboxylic acids is 1. The lowest BCUT2D eigenvalue weighted by atomic mass is 10.1.